The molecule has 0 saturated heterocycles. The van der Waals surface area contributed by atoms with Gasteiger partial charge in [-0.25, -0.2) is 4.98 Å². The zero-order valence-corrected chi connectivity index (χ0v) is 19.4. The number of hydrogen-bond acceptors (Lipinski definition) is 4. The third kappa shape index (κ3) is 5.46. The van der Waals surface area contributed by atoms with Crippen LogP contribution >= 0.6 is 11.6 Å². The average molecular weight is 464 g/mol. The molecule has 0 spiro atoms. The van der Waals surface area contributed by atoms with Crippen LogP contribution in [0.4, 0.5) is 0 Å². The van der Waals surface area contributed by atoms with Crippen molar-refractivity contribution in [3.63, 3.8) is 0 Å². The molecule has 6 nitrogen and oxygen atoms in total. The van der Waals surface area contributed by atoms with E-state index in [2.05, 4.69) is 9.88 Å². The van der Waals surface area contributed by atoms with Crippen LogP contribution in [0.1, 0.15) is 28.2 Å². The van der Waals surface area contributed by atoms with Crippen molar-refractivity contribution in [1.29, 1.82) is 0 Å². The van der Waals surface area contributed by atoms with E-state index in [1.165, 1.54) is 0 Å². The fourth-order valence-electron chi connectivity index (χ4n) is 3.66. The summed E-state index contributed by atoms with van der Waals surface area (Å²) in [5, 5.41) is 3.70. The van der Waals surface area contributed by atoms with E-state index in [1.807, 2.05) is 55.5 Å². The molecule has 4 rings (SSSR count). The van der Waals surface area contributed by atoms with Crippen LogP contribution in [0.5, 0.6) is 11.5 Å². The lowest BCUT2D eigenvalue weighted by Crippen LogP contribution is -2.25. The Morgan fingerprint density at radius 3 is 2.73 bits per heavy atom. The summed E-state index contributed by atoms with van der Waals surface area (Å²) in [5.41, 5.74) is 3.47. The van der Waals surface area contributed by atoms with Crippen LogP contribution in [-0.4, -0.2) is 29.2 Å². The van der Waals surface area contributed by atoms with Crippen molar-refractivity contribution in [3.8, 4) is 11.5 Å². The predicted molar refractivity (Wildman–Crippen MR) is 130 cm³/mol. The van der Waals surface area contributed by atoms with E-state index in [9.17, 15) is 4.79 Å². The van der Waals surface area contributed by atoms with Crippen molar-refractivity contribution in [1.82, 2.24) is 14.9 Å². The first-order valence-corrected chi connectivity index (χ1v) is 11.2. The number of amides is 1. The Balaban J connectivity index is 1.42. The number of fused-ring (bicyclic) bond motifs is 1. The predicted octanol–water partition coefficient (Wildman–Crippen LogP) is 5.41. The molecule has 0 bridgehead atoms. The second-order valence-electron chi connectivity index (χ2n) is 7.70. The maximum absolute atomic E-state index is 12.6. The Bertz CT molecular complexity index is 1270. The summed E-state index contributed by atoms with van der Waals surface area (Å²) in [6, 6.07) is 20.7. The van der Waals surface area contributed by atoms with Gasteiger partial charge in [-0.15, -0.1) is 0 Å². The minimum Gasteiger partial charge on any atom is -0.497 e. The molecule has 0 aliphatic heterocycles. The fourth-order valence-corrected chi connectivity index (χ4v) is 3.77. The lowest BCUT2D eigenvalue weighted by atomic mass is 10.2. The second kappa shape index (κ2) is 10.4. The van der Waals surface area contributed by atoms with Crippen molar-refractivity contribution in [3.05, 3.63) is 88.7 Å². The maximum Gasteiger partial charge on any atom is 0.251 e. The second-order valence-corrected chi connectivity index (χ2v) is 8.10. The molecule has 4 aromatic rings. The molecule has 0 saturated carbocycles. The highest BCUT2D eigenvalue weighted by molar-refractivity contribution is 6.31. The average Bonchev–Trinajstić information content (AvgIpc) is 3.20. The zero-order chi connectivity index (χ0) is 23.2. The molecule has 1 aromatic heterocycles. The molecule has 1 N–H and O–H groups in total. The first-order valence-electron chi connectivity index (χ1n) is 10.8. The fraction of sp³-hybridized carbons (Fsp3) is 0.231. The number of nitrogens with one attached hydrogen (secondary N) is 1. The van der Waals surface area contributed by atoms with Gasteiger partial charge < -0.3 is 19.4 Å². The zero-order valence-electron chi connectivity index (χ0n) is 18.7. The molecule has 0 fully saturated rings. The summed E-state index contributed by atoms with van der Waals surface area (Å²) >= 11 is 6.09. The Hall–Kier alpha value is -3.51. The molecule has 1 amide bonds. The van der Waals surface area contributed by atoms with E-state index in [4.69, 9.17) is 26.1 Å². The molecule has 170 valence electrons. The van der Waals surface area contributed by atoms with Gasteiger partial charge in [-0.2, -0.15) is 0 Å². The summed E-state index contributed by atoms with van der Waals surface area (Å²) in [6.45, 7) is 3.56. The Morgan fingerprint density at radius 2 is 1.91 bits per heavy atom. The van der Waals surface area contributed by atoms with Gasteiger partial charge in [0.2, 0.25) is 0 Å². The number of rotatable bonds is 9. The minimum atomic E-state index is -0.172. The van der Waals surface area contributed by atoms with E-state index in [1.54, 1.807) is 25.3 Å². The largest absolute Gasteiger partial charge is 0.497 e. The Morgan fingerprint density at radius 1 is 1.06 bits per heavy atom. The van der Waals surface area contributed by atoms with Crippen molar-refractivity contribution in [2.45, 2.75) is 26.4 Å². The van der Waals surface area contributed by atoms with E-state index in [0.717, 1.165) is 46.2 Å². The van der Waals surface area contributed by atoms with Crippen molar-refractivity contribution >= 4 is 28.5 Å². The molecule has 0 aliphatic rings. The standard InChI is InChI=1S/C26H26ClN3O3/c1-18-15-21(11-12-22(18)27)33-14-6-13-30-24-10-4-3-9-23(24)29-25(30)17-28-26(31)19-7-5-8-20(16-19)32-2/h3-5,7-12,15-16H,6,13-14,17H2,1-2H3,(H,28,31). The van der Waals surface area contributed by atoms with Gasteiger partial charge in [0.25, 0.3) is 5.91 Å². The molecule has 1 heterocycles. The van der Waals surface area contributed by atoms with Crippen LogP contribution < -0.4 is 14.8 Å². The van der Waals surface area contributed by atoms with Crippen LogP contribution in [0.15, 0.2) is 66.7 Å². The summed E-state index contributed by atoms with van der Waals surface area (Å²) in [5.74, 6) is 2.08. The molecule has 0 atom stereocenters. The summed E-state index contributed by atoms with van der Waals surface area (Å²) in [7, 11) is 1.58. The van der Waals surface area contributed by atoms with E-state index in [0.29, 0.717) is 24.5 Å². The van der Waals surface area contributed by atoms with Crippen molar-refractivity contribution < 1.29 is 14.3 Å². The van der Waals surface area contributed by atoms with Gasteiger partial charge >= 0.3 is 0 Å². The lowest BCUT2D eigenvalue weighted by Gasteiger charge is -2.12. The number of halogens is 1. The smallest absolute Gasteiger partial charge is 0.251 e. The minimum absolute atomic E-state index is 0.172. The number of carbonyl (C=O) groups excluding carboxylic acids is 1. The summed E-state index contributed by atoms with van der Waals surface area (Å²) in [6.07, 6.45) is 0.791. The molecular weight excluding hydrogens is 438 g/mol. The third-order valence-electron chi connectivity index (χ3n) is 5.40. The molecule has 33 heavy (non-hydrogen) atoms. The van der Waals surface area contributed by atoms with Crippen LogP contribution in [0.2, 0.25) is 5.02 Å². The third-order valence-corrected chi connectivity index (χ3v) is 5.82. The number of aryl methyl sites for hydroxylation is 2. The highest BCUT2D eigenvalue weighted by Crippen LogP contribution is 2.22. The van der Waals surface area contributed by atoms with E-state index < -0.39 is 0 Å². The Kier molecular flexibility index (Phi) is 7.15. The quantitative estimate of drug-likeness (QED) is 0.337. The number of ether oxygens (including phenoxy) is 2. The molecule has 3 aromatic carbocycles. The number of aromatic nitrogens is 2. The Labute approximate surface area is 198 Å². The van der Waals surface area contributed by atoms with E-state index >= 15 is 0 Å². The first-order chi connectivity index (χ1) is 16.0. The van der Waals surface area contributed by atoms with Crippen LogP contribution in [-0.2, 0) is 13.1 Å². The molecule has 7 heteroatoms. The first kappa shape index (κ1) is 22.7. The summed E-state index contributed by atoms with van der Waals surface area (Å²) < 4.78 is 13.2. The number of carbonyl (C=O) groups is 1. The number of imidazole rings is 1. The van der Waals surface area contributed by atoms with Crippen LogP contribution in [0.3, 0.4) is 0 Å². The molecule has 0 radical (unpaired) electrons. The van der Waals surface area contributed by atoms with Crippen LogP contribution in [0, 0.1) is 6.92 Å². The van der Waals surface area contributed by atoms with Crippen molar-refractivity contribution in [2.24, 2.45) is 0 Å². The van der Waals surface area contributed by atoms with Gasteiger partial charge in [0.1, 0.15) is 17.3 Å². The van der Waals surface area contributed by atoms with Gasteiger partial charge in [-0.05, 0) is 67.4 Å². The molecule has 0 unspecified atom stereocenters. The highest BCUT2D eigenvalue weighted by Gasteiger charge is 2.13. The van der Waals surface area contributed by atoms with Gasteiger partial charge in [0, 0.05) is 17.1 Å². The normalized spacial score (nSPS) is 10.9. The monoisotopic (exact) mass is 463 g/mol. The maximum atomic E-state index is 12.6. The van der Waals surface area contributed by atoms with Gasteiger partial charge in [-0.3, -0.25) is 4.79 Å². The summed E-state index contributed by atoms with van der Waals surface area (Å²) in [4.78, 5) is 17.4. The number of para-hydroxylation sites is 2. The topological polar surface area (TPSA) is 65.4 Å². The van der Waals surface area contributed by atoms with Crippen LogP contribution in [0.25, 0.3) is 11.0 Å². The number of methoxy groups -OCH3 is 1. The number of benzene rings is 3. The van der Waals surface area contributed by atoms with E-state index in [-0.39, 0.29) is 5.91 Å². The number of hydrogen-bond donors (Lipinski definition) is 1. The van der Waals surface area contributed by atoms with Gasteiger partial charge in [0.05, 0.1) is 31.3 Å². The number of nitrogens with zero attached hydrogens (tertiary/aromatic N) is 2. The highest BCUT2D eigenvalue weighted by atomic mass is 35.5. The molecular formula is C26H26ClN3O3. The SMILES string of the molecule is COc1cccc(C(=O)NCc2nc3ccccc3n2CCCOc2ccc(Cl)c(C)c2)c1. The van der Waals surface area contributed by atoms with Gasteiger partial charge in [0.15, 0.2) is 0 Å². The van der Waals surface area contributed by atoms with Gasteiger partial charge in [-0.1, -0.05) is 29.8 Å². The molecule has 0 aliphatic carbocycles. The lowest BCUT2D eigenvalue weighted by molar-refractivity contribution is 0.0949. The van der Waals surface area contributed by atoms with Crippen molar-refractivity contribution in [2.75, 3.05) is 13.7 Å².